The molecule has 0 unspecified atom stereocenters. The molecule has 1 amide bonds. The molecule has 3 aromatic rings. The van der Waals surface area contributed by atoms with Gasteiger partial charge in [-0.3, -0.25) is 14.7 Å². The van der Waals surface area contributed by atoms with Crippen LogP contribution in [0, 0.1) is 5.82 Å². The van der Waals surface area contributed by atoms with Gasteiger partial charge in [-0.15, -0.1) is 0 Å². The summed E-state index contributed by atoms with van der Waals surface area (Å²) in [5.41, 5.74) is -3.55. The first-order chi connectivity index (χ1) is 21.1. The molecule has 1 fully saturated rings. The van der Waals surface area contributed by atoms with E-state index in [1.165, 1.54) is 12.1 Å². The number of aromatic nitrogens is 2. The van der Waals surface area contributed by atoms with Gasteiger partial charge in [-0.25, -0.2) is 14.2 Å². The third kappa shape index (κ3) is 9.17. The monoisotopic (exact) mass is 644 g/mol. The molecule has 4 rings (SSSR count). The van der Waals surface area contributed by atoms with Crippen LogP contribution in [0.15, 0.2) is 48.7 Å². The van der Waals surface area contributed by atoms with E-state index in [-0.39, 0.29) is 35.9 Å². The first kappa shape index (κ1) is 33.7. The molecule has 0 atom stereocenters. The van der Waals surface area contributed by atoms with Crippen LogP contribution < -0.4 is 15.0 Å². The highest BCUT2D eigenvalue weighted by atomic mass is 19.4. The minimum atomic E-state index is -5.10. The number of carbonyl (C=O) groups is 1. The summed E-state index contributed by atoms with van der Waals surface area (Å²) < 4.78 is 100. The highest BCUT2D eigenvalue weighted by Crippen LogP contribution is 2.37. The number of benzene rings is 2. The molecule has 244 valence electrons. The molecule has 9 nitrogen and oxygen atoms in total. The maximum atomic E-state index is 14.8. The summed E-state index contributed by atoms with van der Waals surface area (Å²) in [6, 6.07) is 6.40. The maximum absolute atomic E-state index is 14.8. The molecule has 1 saturated heterocycles. The molecule has 45 heavy (non-hydrogen) atoms. The van der Waals surface area contributed by atoms with E-state index in [2.05, 4.69) is 38.9 Å². The second-order valence-electron chi connectivity index (χ2n) is 10.6. The predicted octanol–water partition coefficient (Wildman–Crippen LogP) is 6.49. The van der Waals surface area contributed by atoms with Crippen molar-refractivity contribution in [3.05, 3.63) is 71.2 Å². The Bertz CT molecular complexity index is 1450. The number of rotatable bonds is 10. The van der Waals surface area contributed by atoms with E-state index in [0.29, 0.717) is 29.6 Å². The lowest BCUT2D eigenvalue weighted by Crippen LogP contribution is -2.49. The highest BCUT2D eigenvalue weighted by molar-refractivity contribution is 5.84. The van der Waals surface area contributed by atoms with Gasteiger partial charge in [-0.1, -0.05) is 0 Å². The summed E-state index contributed by atoms with van der Waals surface area (Å²) in [5, 5.41) is 12.4. The molecule has 0 bridgehead atoms. The van der Waals surface area contributed by atoms with Crippen LogP contribution in [0.2, 0.25) is 0 Å². The van der Waals surface area contributed by atoms with Crippen LogP contribution in [0.3, 0.4) is 0 Å². The van der Waals surface area contributed by atoms with E-state index in [1.54, 1.807) is 0 Å². The number of nitrogens with zero attached hydrogens (tertiary/aromatic N) is 5. The van der Waals surface area contributed by atoms with E-state index in [1.807, 2.05) is 0 Å². The number of hydrogen-bond donors (Lipinski definition) is 2. The van der Waals surface area contributed by atoms with Gasteiger partial charge in [-0.05, 0) is 55.8 Å². The van der Waals surface area contributed by atoms with Crippen LogP contribution in [-0.2, 0) is 18.9 Å². The highest BCUT2D eigenvalue weighted by Gasteiger charge is 2.37. The van der Waals surface area contributed by atoms with Crippen LogP contribution >= 0.6 is 0 Å². The molecule has 1 aliphatic heterocycles. The Hall–Kier alpha value is -4.18. The molecule has 0 aliphatic carbocycles. The fourth-order valence-corrected chi connectivity index (χ4v) is 4.71. The zero-order valence-electron chi connectivity index (χ0n) is 24.3. The summed E-state index contributed by atoms with van der Waals surface area (Å²) in [4.78, 5) is 25.0. The lowest BCUT2D eigenvalue weighted by atomic mass is 10.0. The molecular formula is C29H31F7N6O3. The van der Waals surface area contributed by atoms with Crippen LogP contribution in [0.1, 0.15) is 30.5 Å². The standard InChI is InChI=1S/C29H31F7N6O3/c1-18(2)41-9-7-40(8-10-41)11-12-45-24-4-3-22(16-23(24)30)38-26-37-6-5-25(39-26)42(27(43)44)17-19-13-20(28(31,32)33)15-21(14-19)29(34,35)36/h3-6,13-16,18H,7-12,17H2,1-2H3,(H,43,44)(H,37,38,39). The van der Waals surface area contributed by atoms with E-state index in [4.69, 9.17) is 4.74 Å². The summed E-state index contributed by atoms with van der Waals surface area (Å²) in [6.45, 7) is 8.00. The molecular weight excluding hydrogens is 613 g/mol. The molecule has 1 aliphatic rings. The number of hydrogen-bond acceptors (Lipinski definition) is 7. The number of nitrogens with one attached hydrogen (secondary N) is 1. The van der Waals surface area contributed by atoms with Crippen molar-refractivity contribution >= 4 is 23.5 Å². The number of halogens is 7. The Kier molecular flexibility index (Phi) is 10.4. The first-order valence-electron chi connectivity index (χ1n) is 13.9. The van der Waals surface area contributed by atoms with Gasteiger partial charge in [-0.2, -0.15) is 31.3 Å². The minimum Gasteiger partial charge on any atom is -0.489 e. The van der Waals surface area contributed by atoms with E-state index in [9.17, 15) is 40.6 Å². The number of ether oxygens (including phenoxy) is 1. The summed E-state index contributed by atoms with van der Waals surface area (Å²) in [6.07, 6.45) is -10.8. The number of alkyl halides is 6. The van der Waals surface area contributed by atoms with Crippen LogP contribution in [0.4, 0.5) is 53.0 Å². The smallest absolute Gasteiger partial charge is 0.416 e. The van der Waals surface area contributed by atoms with Crippen LogP contribution in [0.5, 0.6) is 5.75 Å². The largest absolute Gasteiger partial charge is 0.489 e. The molecule has 2 N–H and O–H groups in total. The van der Waals surface area contributed by atoms with Crippen molar-refractivity contribution in [3.63, 3.8) is 0 Å². The van der Waals surface area contributed by atoms with Crippen LogP contribution in [-0.4, -0.2) is 76.3 Å². The van der Waals surface area contributed by atoms with Crippen molar-refractivity contribution in [1.82, 2.24) is 19.8 Å². The Morgan fingerprint density at radius 3 is 2.20 bits per heavy atom. The van der Waals surface area contributed by atoms with E-state index < -0.39 is 47.5 Å². The molecule has 16 heteroatoms. The van der Waals surface area contributed by atoms with E-state index >= 15 is 0 Å². The van der Waals surface area contributed by atoms with Gasteiger partial charge in [0.25, 0.3) is 0 Å². The van der Waals surface area contributed by atoms with Gasteiger partial charge in [0.05, 0.1) is 17.7 Å². The Balaban J connectivity index is 1.43. The molecule has 2 heterocycles. The SMILES string of the molecule is CC(C)N1CCN(CCOc2ccc(Nc3nccc(N(Cc4cc(C(F)(F)F)cc(C(F)(F)F)c4)C(=O)O)n3)cc2F)CC1. The lowest BCUT2D eigenvalue weighted by Gasteiger charge is -2.36. The van der Waals surface area contributed by atoms with Crippen molar-refractivity contribution in [2.24, 2.45) is 0 Å². The quantitative estimate of drug-likeness (QED) is 0.242. The second-order valence-corrected chi connectivity index (χ2v) is 10.6. The Morgan fingerprint density at radius 1 is 1.00 bits per heavy atom. The average molecular weight is 645 g/mol. The third-order valence-electron chi connectivity index (χ3n) is 7.13. The number of anilines is 3. The number of amides is 1. The Labute approximate surface area is 254 Å². The maximum Gasteiger partial charge on any atom is 0.416 e. The molecule has 0 radical (unpaired) electrons. The van der Waals surface area contributed by atoms with Gasteiger partial charge < -0.3 is 15.2 Å². The predicted molar refractivity (Wildman–Crippen MR) is 151 cm³/mol. The van der Waals surface area contributed by atoms with Crippen LogP contribution in [0.25, 0.3) is 0 Å². The fraction of sp³-hybridized carbons (Fsp3) is 0.414. The zero-order chi connectivity index (χ0) is 32.9. The third-order valence-corrected chi connectivity index (χ3v) is 7.13. The van der Waals surface area contributed by atoms with Gasteiger partial charge in [0, 0.05) is 56.7 Å². The number of piperazine rings is 1. The second kappa shape index (κ2) is 13.9. The van der Waals surface area contributed by atoms with Crippen molar-refractivity contribution in [3.8, 4) is 5.75 Å². The summed E-state index contributed by atoms with van der Waals surface area (Å²) >= 11 is 0. The summed E-state index contributed by atoms with van der Waals surface area (Å²) in [5.74, 6) is -1.21. The van der Waals surface area contributed by atoms with Gasteiger partial charge in [0.1, 0.15) is 12.4 Å². The van der Waals surface area contributed by atoms with Gasteiger partial charge >= 0.3 is 18.4 Å². The lowest BCUT2D eigenvalue weighted by molar-refractivity contribution is -0.143. The molecule has 2 aromatic carbocycles. The molecule has 1 aromatic heterocycles. The minimum absolute atomic E-state index is 0.0207. The molecule has 0 spiro atoms. The molecule has 0 saturated carbocycles. The summed E-state index contributed by atoms with van der Waals surface area (Å²) in [7, 11) is 0. The zero-order valence-corrected chi connectivity index (χ0v) is 24.3. The van der Waals surface area contributed by atoms with Crippen molar-refractivity contribution in [2.75, 3.05) is 49.5 Å². The van der Waals surface area contributed by atoms with Crippen molar-refractivity contribution in [1.29, 1.82) is 0 Å². The van der Waals surface area contributed by atoms with Gasteiger partial charge in [0.15, 0.2) is 11.6 Å². The van der Waals surface area contributed by atoms with Crippen molar-refractivity contribution in [2.45, 2.75) is 38.8 Å². The Morgan fingerprint density at radius 2 is 1.64 bits per heavy atom. The number of carboxylic acid groups (broad SMARTS) is 1. The van der Waals surface area contributed by atoms with E-state index in [0.717, 1.165) is 44.5 Å². The normalized spacial score (nSPS) is 14.9. The van der Waals surface area contributed by atoms with Gasteiger partial charge in [0.2, 0.25) is 5.95 Å². The first-order valence-corrected chi connectivity index (χ1v) is 13.9. The topological polar surface area (TPSA) is 94.1 Å². The average Bonchev–Trinajstić information content (AvgIpc) is 2.96. The van der Waals surface area contributed by atoms with Crippen molar-refractivity contribution < 1.29 is 45.4 Å². The fourth-order valence-electron chi connectivity index (χ4n) is 4.71.